The smallest absolute Gasteiger partial charge is 0.253 e. The average molecular weight is 451 g/mol. The van der Waals surface area contributed by atoms with E-state index in [4.69, 9.17) is 16.7 Å². The molecule has 3 N–H and O–H groups in total. The van der Waals surface area contributed by atoms with Crippen LogP contribution in [0.25, 0.3) is 0 Å². The molecule has 0 bridgehead atoms. The lowest BCUT2D eigenvalue weighted by Crippen LogP contribution is -2.49. The van der Waals surface area contributed by atoms with Crippen molar-refractivity contribution in [3.8, 4) is 0 Å². The van der Waals surface area contributed by atoms with Gasteiger partial charge < -0.3 is 10.2 Å². The molecular weight excluding hydrogens is 428 g/mol. The fourth-order valence-electron chi connectivity index (χ4n) is 3.19. The van der Waals surface area contributed by atoms with Crippen LogP contribution in [0.2, 0.25) is 5.02 Å². The number of piperazine rings is 1. The first kappa shape index (κ1) is 22.2. The number of benzene rings is 2. The van der Waals surface area contributed by atoms with Gasteiger partial charge in [0, 0.05) is 55.4 Å². The topological polar surface area (TPSA) is 113 Å². The molecular formula is C20H23ClN4O4S. The molecule has 8 nitrogen and oxygen atoms in total. The molecule has 1 fully saturated rings. The first-order valence-corrected chi connectivity index (χ1v) is 11.3. The van der Waals surface area contributed by atoms with Crippen LogP contribution >= 0.6 is 11.6 Å². The molecule has 0 radical (unpaired) electrons. The predicted molar refractivity (Wildman–Crippen MR) is 115 cm³/mol. The zero-order valence-corrected chi connectivity index (χ0v) is 17.8. The fraction of sp³-hybridized carbons (Fsp3) is 0.300. The maximum atomic E-state index is 12.6. The van der Waals surface area contributed by atoms with E-state index in [0.717, 1.165) is 0 Å². The van der Waals surface area contributed by atoms with Gasteiger partial charge in [-0.1, -0.05) is 17.7 Å². The first-order valence-electron chi connectivity index (χ1n) is 9.42. The van der Waals surface area contributed by atoms with E-state index in [9.17, 15) is 18.0 Å². The molecule has 0 spiro atoms. The van der Waals surface area contributed by atoms with Crippen LogP contribution in [0, 0.1) is 0 Å². The largest absolute Gasteiger partial charge is 0.336 e. The van der Waals surface area contributed by atoms with Gasteiger partial charge in [-0.05, 0) is 42.5 Å². The number of nitrogens with one attached hydrogen (secondary N) is 1. The highest BCUT2D eigenvalue weighted by molar-refractivity contribution is 7.89. The molecule has 0 unspecified atom stereocenters. The molecule has 1 saturated heterocycles. The van der Waals surface area contributed by atoms with Crippen molar-refractivity contribution < 1.29 is 18.0 Å². The van der Waals surface area contributed by atoms with E-state index in [2.05, 4.69) is 10.2 Å². The Morgan fingerprint density at radius 2 is 1.70 bits per heavy atom. The fourth-order valence-corrected chi connectivity index (χ4v) is 3.90. The quantitative estimate of drug-likeness (QED) is 0.696. The van der Waals surface area contributed by atoms with Crippen LogP contribution in [0.1, 0.15) is 16.8 Å². The summed E-state index contributed by atoms with van der Waals surface area (Å²) in [5.41, 5.74) is 1.08. The van der Waals surface area contributed by atoms with E-state index in [-0.39, 0.29) is 16.7 Å². The van der Waals surface area contributed by atoms with E-state index in [1.54, 1.807) is 29.2 Å². The van der Waals surface area contributed by atoms with Gasteiger partial charge >= 0.3 is 0 Å². The number of rotatable bonds is 6. The van der Waals surface area contributed by atoms with Crippen molar-refractivity contribution >= 4 is 39.1 Å². The summed E-state index contributed by atoms with van der Waals surface area (Å²) < 4.78 is 22.5. The number of primary sulfonamides is 1. The maximum Gasteiger partial charge on any atom is 0.253 e. The van der Waals surface area contributed by atoms with Crippen LogP contribution in [0.4, 0.5) is 5.69 Å². The molecule has 30 heavy (non-hydrogen) atoms. The van der Waals surface area contributed by atoms with Gasteiger partial charge in [0.25, 0.3) is 5.91 Å². The van der Waals surface area contributed by atoms with E-state index >= 15 is 0 Å². The number of sulfonamides is 1. The second-order valence-corrected chi connectivity index (χ2v) is 9.01. The molecule has 0 aliphatic carbocycles. The molecule has 2 aromatic carbocycles. The van der Waals surface area contributed by atoms with Crippen LogP contribution in [0.5, 0.6) is 0 Å². The summed E-state index contributed by atoms with van der Waals surface area (Å²) in [6.45, 7) is 3.11. The van der Waals surface area contributed by atoms with Crippen LogP contribution in [0.15, 0.2) is 53.4 Å². The zero-order valence-electron chi connectivity index (χ0n) is 16.3. The summed E-state index contributed by atoms with van der Waals surface area (Å²) in [6.07, 6.45) is 0.291. The van der Waals surface area contributed by atoms with E-state index in [1.807, 2.05) is 0 Å². The lowest BCUT2D eigenvalue weighted by atomic mass is 10.2. The lowest BCUT2D eigenvalue weighted by Gasteiger charge is -2.34. The Bertz CT molecular complexity index is 1020. The minimum Gasteiger partial charge on any atom is -0.336 e. The third-order valence-electron chi connectivity index (χ3n) is 4.85. The van der Waals surface area contributed by atoms with Gasteiger partial charge in [0.1, 0.15) is 0 Å². The normalized spacial score (nSPS) is 15.1. The number of amides is 2. The van der Waals surface area contributed by atoms with Crippen LogP contribution in [0.3, 0.4) is 0 Å². The lowest BCUT2D eigenvalue weighted by molar-refractivity contribution is -0.116. The highest BCUT2D eigenvalue weighted by atomic mass is 35.5. The predicted octanol–water partition coefficient (Wildman–Crippen LogP) is 1.77. The maximum absolute atomic E-state index is 12.6. The molecule has 10 heteroatoms. The van der Waals surface area contributed by atoms with Crippen molar-refractivity contribution in [2.45, 2.75) is 11.3 Å². The van der Waals surface area contributed by atoms with E-state index in [1.165, 1.54) is 24.3 Å². The number of anilines is 1. The molecule has 2 amide bonds. The number of nitrogens with two attached hydrogens (primary N) is 1. The monoisotopic (exact) mass is 450 g/mol. The second kappa shape index (κ2) is 9.57. The molecule has 160 valence electrons. The Labute approximate surface area is 180 Å². The van der Waals surface area contributed by atoms with Crippen molar-refractivity contribution in [1.82, 2.24) is 9.80 Å². The molecule has 0 saturated carbocycles. The summed E-state index contributed by atoms with van der Waals surface area (Å²) in [7, 11) is -3.76. The summed E-state index contributed by atoms with van der Waals surface area (Å²) in [4.78, 5) is 28.6. The van der Waals surface area contributed by atoms with Gasteiger partial charge in [-0.2, -0.15) is 0 Å². The molecule has 3 rings (SSSR count). The standard InChI is InChI=1S/C20H23ClN4O4S/c21-16-3-1-2-15(14-16)20(27)25-12-10-24(11-13-25)9-8-19(26)23-17-4-6-18(7-5-17)30(22,28)29/h1-7,14H,8-13H2,(H,23,26)(H2,22,28,29). The molecule has 0 atom stereocenters. The third-order valence-corrected chi connectivity index (χ3v) is 6.02. The van der Waals surface area contributed by atoms with Crippen molar-refractivity contribution in [2.75, 3.05) is 38.0 Å². The third kappa shape index (κ3) is 6.02. The van der Waals surface area contributed by atoms with Crippen molar-refractivity contribution in [2.24, 2.45) is 5.14 Å². The number of nitrogens with zero attached hydrogens (tertiary/aromatic N) is 2. The van der Waals surface area contributed by atoms with Crippen molar-refractivity contribution in [3.63, 3.8) is 0 Å². The van der Waals surface area contributed by atoms with Crippen molar-refractivity contribution in [3.05, 3.63) is 59.1 Å². The number of halogens is 1. The Kier molecular flexibility index (Phi) is 7.09. The second-order valence-electron chi connectivity index (χ2n) is 7.01. The van der Waals surface area contributed by atoms with Gasteiger partial charge in [0.05, 0.1) is 4.90 Å². The van der Waals surface area contributed by atoms with Crippen molar-refractivity contribution in [1.29, 1.82) is 0 Å². The number of hydrogen-bond acceptors (Lipinski definition) is 5. The van der Waals surface area contributed by atoms with Crippen LogP contribution in [-0.4, -0.2) is 62.8 Å². The highest BCUT2D eigenvalue weighted by Crippen LogP contribution is 2.15. The zero-order chi connectivity index (χ0) is 21.7. The van der Waals surface area contributed by atoms with E-state index < -0.39 is 10.0 Å². The van der Waals surface area contributed by atoms with Gasteiger partial charge in [0.15, 0.2) is 0 Å². The minimum atomic E-state index is -3.76. The Hall–Kier alpha value is -2.46. The van der Waals surface area contributed by atoms with Gasteiger partial charge in [-0.15, -0.1) is 0 Å². The van der Waals surface area contributed by atoms with Gasteiger partial charge in [0.2, 0.25) is 15.9 Å². The van der Waals surface area contributed by atoms with E-state index in [0.29, 0.717) is 55.4 Å². The SMILES string of the molecule is NS(=O)(=O)c1ccc(NC(=O)CCN2CCN(C(=O)c3cccc(Cl)c3)CC2)cc1. The van der Waals surface area contributed by atoms with Crippen LogP contribution < -0.4 is 10.5 Å². The number of carbonyl (C=O) groups excluding carboxylic acids is 2. The first-order chi connectivity index (χ1) is 14.2. The summed E-state index contributed by atoms with van der Waals surface area (Å²) >= 11 is 5.96. The summed E-state index contributed by atoms with van der Waals surface area (Å²) in [6, 6.07) is 12.6. The summed E-state index contributed by atoms with van der Waals surface area (Å²) in [5, 5.41) is 8.32. The molecule has 0 aromatic heterocycles. The average Bonchev–Trinajstić information content (AvgIpc) is 2.72. The minimum absolute atomic E-state index is 0.00862. The van der Waals surface area contributed by atoms with Gasteiger partial charge in [-0.25, -0.2) is 13.6 Å². The Morgan fingerprint density at radius 3 is 2.30 bits per heavy atom. The Balaban J connectivity index is 1.43. The molecule has 2 aromatic rings. The summed E-state index contributed by atoms with van der Waals surface area (Å²) in [5.74, 6) is -0.214. The molecule has 1 heterocycles. The molecule has 1 aliphatic rings. The van der Waals surface area contributed by atoms with Crippen LogP contribution in [-0.2, 0) is 14.8 Å². The van der Waals surface area contributed by atoms with Gasteiger partial charge in [-0.3, -0.25) is 14.5 Å². The number of hydrogen-bond donors (Lipinski definition) is 2. The Morgan fingerprint density at radius 1 is 1.03 bits per heavy atom. The highest BCUT2D eigenvalue weighted by Gasteiger charge is 2.22. The molecule has 1 aliphatic heterocycles. The number of carbonyl (C=O) groups is 2.